The maximum atomic E-state index is 6.52. The Morgan fingerprint density at radius 3 is 2.24 bits per heavy atom. The SMILES string of the molecule is CCC(CCC(C)(C)C)C(C)CC1C(c2ccccc2)C12C(C)C2N. The van der Waals surface area contributed by atoms with Gasteiger partial charge >= 0.3 is 0 Å². The van der Waals surface area contributed by atoms with Gasteiger partial charge in [0, 0.05) is 11.5 Å². The van der Waals surface area contributed by atoms with Crippen LogP contribution in [0.5, 0.6) is 0 Å². The maximum Gasteiger partial charge on any atom is 0.0140 e. The predicted molar refractivity (Wildman–Crippen MR) is 108 cm³/mol. The molecule has 2 fully saturated rings. The van der Waals surface area contributed by atoms with Crippen molar-refractivity contribution in [1.29, 1.82) is 0 Å². The highest BCUT2D eigenvalue weighted by molar-refractivity contribution is 5.43. The average Bonchev–Trinajstić information content (AvgIpc) is 3.37. The van der Waals surface area contributed by atoms with E-state index in [-0.39, 0.29) is 0 Å². The maximum absolute atomic E-state index is 6.52. The van der Waals surface area contributed by atoms with Gasteiger partial charge in [0.15, 0.2) is 0 Å². The zero-order valence-electron chi connectivity index (χ0n) is 17.3. The first kappa shape index (κ1) is 19.0. The molecule has 0 heterocycles. The van der Waals surface area contributed by atoms with Gasteiger partial charge in [-0.1, -0.05) is 78.3 Å². The summed E-state index contributed by atoms with van der Waals surface area (Å²) in [5, 5.41) is 0. The van der Waals surface area contributed by atoms with Crippen LogP contribution < -0.4 is 5.73 Å². The molecule has 7 unspecified atom stereocenters. The first-order valence-corrected chi connectivity index (χ1v) is 10.5. The van der Waals surface area contributed by atoms with Gasteiger partial charge in [-0.05, 0) is 59.8 Å². The van der Waals surface area contributed by atoms with Crippen molar-refractivity contribution in [3.63, 3.8) is 0 Å². The molecule has 1 nitrogen and oxygen atoms in total. The van der Waals surface area contributed by atoms with Gasteiger partial charge in [-0.3, -0.25) is 0 Å². The molecule has 0 radical (unpaired) electrons. The van der Waals surface area contributed by atoms with E-state index in [1.807, 2.05) is 0 Å². The summed E-state index contributed by atoms with van der Waals surface area (Å²) in [6.45, 7) is 14.4. The summed E-state index contributed by atoms with van der Waals surface area (Å²) in [5.74, 6) is 3.88. The smallest absolute Gasteiger partial charge is 0.0140 e. The van der Waals surface area contributed by atoms with Gasteiger partial charge in [0.1, 0.15) is 0 Å². The van der Waals surface area contributed by atoms with E-state index >= 15 is 0 Å². The zero-order chi connectivity index (χ0) is 18.4. The Bertz CT molecular complexity index is 562. The number of hydrogen-bond donors (Lipinski definition) is 1. The summed E-state index contributed by atoms with van der Waals surface area (Å²) in [5.41, 5.74) is 8.93. The lowest BCUT2D eigenvalue weighted by Crippen LogP contribution is -2.16. The normalized spacial score (nSPS) is 36.3. The third-order valence-electron chi connectivity index (χ3n) is 7.65. The Labute approximate surface area is 155 Å². The quantitative estimate of drug-likeness (QED) is 0.624. The van der Waals surface area contributed by atoms with E-state index in [4.69, 9.17) is 5.73 Å². The Morgan fingerprint density at radius 2 is 1.76 bits per heavy atom. The van der Waals surface area contributed by atoms with Crippen LogP contribution in [0, 0.1) is 34.5 Å². The molecule has 3 rings (SSSR count). The van der Waals surface area contributed by atoms with E-state index in [1.54, 1.807) is 0 Å². The fraction of sp³-hybridized carbons (Fsp3) is 0.750. The molecule has 0 amide bonds. The van der Waals surface area contributed by atoms with Gasteiger partial charge < -0.3 is 5.73 Å². The van der Waals surface area contributed by atoms with Crippen molar-refractivity contribution in [2.24, 2.45) is 40.2 Å². The molecule has 2 saturated carbocycles. The second-order valence-corrected chi connectivity index (χ2v) is 10.3. The van der Waals surface area contributed by atoms with Crippen molar-refractivity contribution in [3.8, 4) is 0 Å². The van der Waals surface area contributed by atoms with Crippen LogP contribution in [0.3, 0.4) is 0 Å². The summed E-state index contributed by atoms with van der Waals surface area (Å²) in [7, 11) is 0. The van der Waals surface area contributed by atoms with Gasteiger partial charge in [0.05, 0.1) is 0 Å². The molecule has 140 valence electrons. The lowest BCUT2D eigenvalue weighted by molar-refractivity contribution is 0.244. The molecule has 0 aromatic heterocycles. The van der Waals surface area contributed by atoms with Crippen molar-refractivity contribution >= 4 is 0 Å². The monoisotopic (exact) mass is 341 g/mol. The molecule has 1 aromatic carbocycles. The van der Waals surface area contributed by atoms with Gasteiger partial charge in [-0.25, -0.2) is 0 Å². The minimum Gasteiger partial charge on any atom is -0.327 e. The lowest BCUT2D eigenvalue weighted by atomic mass is 9.79. The fourth-order valence-corrected chi connectivity index (χ4v) is 5.85. The molecule has 0 bridgehead atoms. The predicted octanol–water partition coefficient (Wildman–Crippen LogP) is 6.24. The minimum absolute atomic E-state index is 0.421. The Balaban J connectivity index is 1.67. The number of nitrogens with two attached hydrogens (primary N) is 1. The lowest BCUT2D eigenvalue weighted by Gasteiger charge is -2.27. The molecule has 0 aliphatic heterocycles. The third-order valence-corrected chi connectivity index (χ3v) is 7.65. The van der Waals surface area contributed by atoms with E-state index in [9.17, 15) is 0 Å². The largest absolute Gasteiger partial charge is 0.327 e. The Kier molecular flexibility index (Phi) is 5.10. The Morgan fingerprint density at radius 1 is 1.16 bits per heavy atom. The van der Waals surface area contributed by atoms with Gasteiger partial charge in [0.25, 0.3) is 0 Å². The summed E-state index contributed by atoms with van der Waals surface area (Å²) in [6.07, 6.45) is 5.39. The average molecular weight is 342 g/mol. The van der Waals surface area contributed by atoms with E-state index in [2.05, 4.69) is 71.9 Å². The van der Waals surface area contributed by atoms with Crippen LogP contribution in [-0.4, -0.2) is 6.04 Å². The van der Waals surface area contributed by atoms with E-state index in [1.165, 1.54) is 31.2 Å². The van der Waals surface area contributed by atoms with Crippen LogP contribution in [-0.2, 0) is 0 Å². The molecule has 0 saturated heterocycles. The summed E-state index contributed by atoms with van der Waals surface area (Å²) in [4.78, 5) is 0. The van der Waals surface area contributed by atoms with Crippen molar-refractivity contribution in [1.82, 2.24) is 0 Å². The molecule has 1 spiro atoms. The van der Waals surface area contributed by atoms with Gasteiger partial charge in [-0.2, -0.15) is 0 Å². The molecular formula is C24H39N. The number of rotatable bonds is 7. The van der Waals surface area contributed by atoms with Gasteiger partial charge in [0.2, 0.25) is 0 Å². The molecule has 7 atom stereocenters. The molecule has 2 aliphatic rings. The van der Waals surface area contributed by atoms with Crippen molar-refractivity contribution in [2.45, 2.75) is 79.2 Å². The van der Waals surface area contributed by atoms with E-state index in [0.29, 0.717) is 28.7 Å². The fourth-order valence-electron chi connectivity index (χ4n) is 5.85. The highest BCUT2D eigenvalue weighted by Crippen LogP contribution is 2.82. The Hall–Kier alpha value is -0.820. The van der Waals surface area contributed by atoms with Crippen LogP contribution in [0.4, 0.5) is 0 Å². The van der Waals surface area contributed by atoms with Crippen LogP contribution in [0.1, 0.15) is 78.7 Å². The van der Waals surface area contributed by atoms with Crippen LogP contribution >= 0.6 is 0 Å². The van der Waals surface area contributed by atoms with Crippen molar-refractivity contribution < 1.29 is 0 Å². The van der Waals surface area contributed by atoms with Crippen LogP contribution in [0.2, 0.25) is 0 Å². The second-order valence-electron chi connectivity index (χ2n) is 10.3. The van der Waals surface area contributed by atoms with Crippen molar-refractivity contribution in [2.75, 3.05) is 0 Å². The second kappa shape index (κ2) is 6.72. The summed E-state index contributed by atoms with van der Waals surface area (Å²) >= 11 is 0. The molecular weight excluding hydrogens is 302 g/mol. The summed E-state index contributed by atoms with van der Waals surface area (Å²) < 4.78 is 0. The number of hydrogen-bond acceptors (Lipinski definition) is 1. The van der Waals surface area contributed by atoms with Crippen LogP contribution in [0.25, 0.3) is 0 Å². The van der Waals surface area contributed by atoms with Gasteiger partial charge in [-0.15, -0.1) is 0 Å². The van der Waals surface area contributed by atoms with E-state index in [0.717, 1.165) is 17.8 Å². The molecule has 1 aromatic rings. The third kappa shape index (κ3) is 3.42. The minimum atomic E-state index is 0.421. The number of benzene rings is 1. The molecule has 1 heteroatoms. The van der Waals surface area contributed by atoms with Crippen molar-refractivity contribution in [3.05, 3.63) is 35.9 Å². The molecule has 25 heavy (non-hydrogen) atoms. The topological polar surface area (TPSA) is 26.0 Å². The highest BCUT2D eigenvalue weighted by Gasteiger charge is 2.81. The molecule has 2 N–H and O–H groups in total. The zero-order valence-corrected chi connectivity index (χ0v) is 17.3. The molecule has 2 aliphatic carbocycles. The standard InChI is InChI=1S/C24H39N/c1-7-18(13-14-23(4,5)6)16(2)15-20-21(19-11-9-8-10-12-19)24(20)17(3)22(24)25/h8-12,16-18,20-22H,7,13-15,25H2,1-6H3. The highest BCUT2D eigenvalue weighted by atomic mass is 15.0. The van der Waals surface area contributed by atoms with Crippen LogP contribution in [0.15, 0.2) is 30.3 Å². The first-order valence-electron chi connectivity index (χ1n) is 10.5. The first-order chi connectivity index (χ1) is 11.7. The summed E-state index contributed by atoms with van der Waals surface area (Å²) in [6, 6.07) is 11.6. The van der Waals surface area contributed by atoms with E-state index < -0.39 is 0 Å².